The monoisotopic (exact) mass is 2110 g/mol. The van der Waals surface area contributed by atoms with E-state index in [2.05, 4.69) is 74.4 Å². The highest BCUT2D eigenvalue weighted by Gasteiger charge is 2.45. The van der Waals surface area contributed by atoms with Crippen molar-refractivity contribution in [3.05, 3.63) is 95.6 Å². The number of benzene rings is 3. The van der Waals surface area contributed by atoms with Crippen molar-refractivity contribution in [3.8, 4) is 11.5 Å². The Morgan fingerprint density at radius 2 is 0.673 bits per heavy atom. The van der Waals surface area contributed by atoms with Crippen molar-refractivity contribution in [2.24, 2.45) is 11.8 Å². The van der Waals surface area contributed by atoms with Gasteiger partial charge in [-0.05, 0) is 294 Å². The summed E-state index contributed by atoms with van der Waals surface area (Å²) >= 11 is 0. The van der Waals surface area contributed by atoms with Crippen molar-refractivity contribution >= 4 is 101 Å². The molecule has 3 aromatic carbocycles. The van der Waals surface area contributed by atoms with Gasteiger partial charge in [0.15, 0.2) is 0 Å². The first-order chi connectivity index (χ1) is 68.3. The number of alkyl carbamates (subject to hydrolysis) is 1. The molecule has 0 heterocycles. The summed E-state index contributed by atoms with van der Waals surface area (Å²) in [6.45, 7) is 58.7. The van der Waals surface area contributed by atoms with Crippen molar-refractivity contribution in [1.82, 2.24) is 74.4 Å². The van der Waals surface area contributed by atoms with Crippen LogP contribution in [0.2, 0.25) is 0 Å². The number of rotatable bonds is 53. The summed E-state index contributed by atoms with van der Waals surface area (Å²) in [5.41, 5.74) is -10.7. The third kappa shape index (κ3) is 52.6. The second-order valence-corrected chi connectivity index (χ2v) is 48.3. The summed E-state index contributed by atoms with van der Waals surface area (Å²) in [5, 5.41) is 46.9. The number of carboxylic acids is 1. The molecule has 15 N–H and O–H groups in total. The summed E-state index contributed by atoms with van der Waals surface area (Å²) in [6, 6.07) is 3.51. The van der Waals surface area contributed by atoms with Gasteiger partial charge in [-0.2, -0.15) is 0 Å². The van der Waals surface area contributed by atoms with Gasteiger partial charge in [0.1, 0.15) is 117 Å². The third-order valence-corrected chi connectivity index (χ3v) is 21.6. The standard InChI is InChI=1S/C109H176N14O27/c1-38-63(4)82(94(136)123-109(36,37)97(140)117-76(95(137)138)54-62(2)3)120-90(132)78(61-143-100(10,11)12)114-86(128)72(56-67-44-48-69(49-45-67)146-103(19,20)21)111-87(129)75(58-81(126)149-106(28,29)30)112-89(131)77(60-142-99(7,8)9)115-93(135)84(65(6)145-102(16,17)18)121-88(130)73(55-66-42-40-39-41-43-66)113-92(134)83(64(5)144-101(13,14)15)119-79(124)59-110-85(127)71(52-53-80(125)148-105(25,26)27)116-96(139)108(34,35)122-91(133)74(118-98(141)150-107(31,32)33)57-68-46-50-70(51-47-68)147-104(22,23)24/h39-51,62-65,71-78,82-84H,38,52-61H2,1-37H3,(H,110,127)(H,111,129)(H,112,131)(H,113,134)(H,114,128)(H,115,135)(H,116,139)(H,117,140)(H,118,141)(H,119,124)(H,120,132)(H,121,130)(H,122,133)(H,123,136)(H,137,138)/t63-,64+,65+,71-,72-,73-,74-,75-,76-,77-,78-,82-,83-,84-/m0/s1. The fourth-order valence-corrected chi connectivity index (χ4v) is 14.6. The predicted octanol–water partition coefficient (Wildman–Crippen LogP) is 8.78. The van der Waals surface area contributed by atoms with Gasteiger partial charge < -0.3 is 122 Å². The molecule has 14 amide bonds. The maximum atomic E-state index is 15.7. The predicted molar refractivity (Wildman–Crippen MR) is 565 cm³/mol. The minimum Gasteiger partial charge on any atom is -0.488 e. The molecular weight excluding hydrogens is 1940 g/mol. The first kappa shape index (κ1) is 132. The SMILES string of the molecule is CC[C@H](C)[C@H](NC(=O)[C@H](COC(C)(C)C)NC(=O)[C@H](Cc1ccc(OC(C)(C)C)cc1)NC(=O)[C@H](CC(=O)OC(C)(C)C)NC(=O)[C@H](COC(C)(C)C)NC(=O)[C@@H](NC(=O)[C@H](Cc1ccccc1)NC(=O)[C@@H](NC(=O)CNC(=O)[C@H](CCC(=O)OC(C)(C)C)NC(=O)C(C)(C)NC(=O)[C@H](Cc1ccc(OC(C)(C)C)cc1)NC(=O)OC(C)(C)C)[C@@H](C)OC(C)(C)C)[C@@H](C)OC(C)(C)C)C(=O)NC(C)(C)C(=O)N[C@@H](CC(C)C)C(=O)O. The molecule has 0 aliphatic rings. The molecule has 0 fully saturated rings. The molecule has 0 aliphatic carbocycles. The number of carbonyl (C=O) groups excluding carboxylic acids is 16. The fraction of sp³-hybridized carbons (Fsp3) is 0.679. The van der Waals surface area contributed by atoms with Crippen LogP contribution in [0.3, 0.4) is 0 Å². The van der Waals surface area contributed by atoms with Crippen LogP contribution >= 0.6 is 0 Å². The number of carboxylic acid groups (broad SMARTS) is 1. The Labute approximate surface area is 886 Å². The van der Waals surface area contributed by atoms with Gasteiger partial charge >= 0.3 is 24.0 Å². The van der Waals surface area contributed by atoms with E-state index in [0.29, 0.717) is 28.2 Å². The van der Waals surface area contributed by atoms with E-state index < -0.39 is 286 Å². The first-order valence-corrected chi connectivity index (χ1v) is 51.2. The van der Waals surface area contributed by atoms with Gasteiger partial charge in [-0.25, -0.2) is 9.59 Å². The maximum absolute atomic E-state index is 15.7. The topological polar surface area (TPSA) is 562 Å². The normalized spacial score (nSPS) is 15.3. The molecule has 0 saturated carbocycles. The number of esters is 2. The molecule has 0 aliphatic heterocycles. The smallest absolute Gasteiger partial charge is 0.408 e. The van der Waals surface area contributed by atoms with E-state index in [4.69, 9.17) is 42.6 Å². The third-order valence-electron chi connectivity index (χ3n) is 21.6. The van der Waals surface area contributed by atoms with Crippen molar-refractivity contribution in [2.75, 3.05) is 19.8 Å². The quantitative estimate of drug-likeness (QED) is 0.0185. The van der Waals surface area contributed by atoms with Gasteiger partial charge in [-0.3, -0.25) is 71.9 Å². The summed E-state index contributed by atoms with van der Waals surface area (Å²) in [7, 11) is 0. The van der Waals surface area contributed by atoms with Crippen molar-refractivity contribution in [2.45, 2.75) is 448 Å². The zero-order chi connectivity index (χ0) is 115. The number of amides is 14. The van der Waals surface area contributed by atoms with E-state index in [9.17, 15) is 53.1 Å². The van der Waals surface area contributed by atoms with Crippen molar-refractivity contribution < 1.29 is 129 Å². The van der Waals surface area contributed by atoms with Gasteiger partial charge in [0, 0.05) is 25.7 Å². The average molecular weight is 2110 g/mol. The summed E-state index contributed by atoms with van der Waals surface area (Å²) in [4.78, 5) is 248. The molecule has 14 atom stereocenters. The lowest BCUT2D eigenvalue weighted by Gasteiger charge is -2.34. The number of nitrogens with one attached hydrogen (secondary N) is 14. The molecule has 0 unspecified atom stereocenters. The molecule has 3 aromatic rings. The highest BCUT2D eigenvalue weighted by molar-refractivity contribution is 6.02. The molecule has 41 heteroatoms. The molecule has 150 heavy (non-hydrogen) atoms. The van der Waals surface area contributed by atoms with E-state index in [1.165, 1.54) is 41.5 Å². The molecule has 0 radical (unpaired) electrons. The zero-order valence-corrected chi connectivity index (χ0v) is 95.5. The van der Waals surface area contributed by atoms with Crippen LogP contribution in [0.1, 0.15) is 305 Å². The first-order valence-electron chi connectivity index (χ1n) is 51.2. The molecule has 0 bridgehead atoms. The Kier molecular flexibility index (Phi) is 49.6. The van der Waals surface area contributed by atoms with E-state index >= 15 is 33.6 Å². The van der Waals surface area contributed by atoms with Gasteiger partial charge in [0.05, 0.1) is 60.8 Å². The van der Waals surface area contributed by atoms with Gasteiger partial charge in [-0.15, -0.1) is 0 Å². The van der Waals surface area contributed by atoms with Crippen LogP contribution < -0.4 is 83.9 Å². The maximum Gasteiger partial charge on any atom is 0.408 e. The number of hydrogen-bond acceptors (Lipinski definition) is 26. The Morgan fingerprint density at radius 3 is 1.08 bits per heavy atom. The summed E-state index contributed by atoms with van der Waals surface area (Å²) < 4.78 is 53.9. The minimum absolute atomic E-state index is 0.0765. The zero-order valence-electron chi connectivity index (χ0n) is 95.5. The highest BCUT2D eigenvalue weighted by Crippen LogP contribution is 2.26. The van der Waals surface area contributed by atoms with Gasteiger partial charge in [0.25, 0.3) is 0 Å². The summed E-state index contributed by atoms with van der Waals surface area (Å²) in [5.74, 6) is -16.0. The van der Waals surface area contributed by atoms with Crippen molar-refractivity contribution in [3.63, 3.8) is 0 Å². The van der Waals surface area contributed by atoms with Crippen LogP contribution in [0, 0.1) is 11.8 Å². The second-order valence-electron chi connectivity index (χ2n) is 48.3. The Bertz CT molecular complexity index is 5020. The molecule has 41 nitrogen and oxygen atoms in total. The Balaban J connectivity index is 2.24. The second kappa shape index (κ2) is 56.3. The van der Waals surface area contributed by atoms with Crippen LogP contribution in [0.4, 0.5) is 4.79 Å². The van der Waals surface area contributed by atoms with Crippen molar-refractivity contribution in [1.29, 1.82) is 0 Å². The molecule has 0 saturated heterocycles. The number of ether oxygens (including phenoxy) is 9. The lowest BCUT2D eigenvalue weighted by atomic mass is 9.95. The fourth-order valence-electron chi connectivity index (χ4n) is 14.6. The largest absolute Gasteiger partial charge is 0.488 e. The van der Waals surface area contributed by atoms with Crippen LogP contribution in [0.25, 0.3) is 0 Å². The number of aliphatic carboxylic acids is 1. The lowest BCUT2D eigenvalue weighted by molar-refractivity contribution is -0.157. The van der Waals surface area contributed by atoms with E-state index in [1.54, 1.807) is 252 Å². The molecule has 844 valence electrons. The molecule has 0 spiro atoms. The van der Waals surface area contributed by atoms with E-state index in [-0.39, 0.29) is 38.0 Å². The Hall–Kier alpha value is -12.1. The van der Waals surface area contributed by atoms with Crippen LogP contribution in [-0.4, -0.2) is 266 Å². The summed E-state index contributed by atoms with van der Waals surface area (Å²) in [6.07, 6.45) is -5.73. The van der Waals surface area contributed by atoms with Crippen LogP contribution in [0.5, 0.6) is 11.5 Å². The Morgan fingerprint density at radius 1 is 0.320 bits per heavy atom. The van der Waals surface area contributed by atoms with E-state index in [0.717, 1.165) is 0 Å². The molecular formula is C109H176N14O27. The highest BCUT2D eigenvalue weighted by atomic mass is 16.6. The number of carbonyl (C=O) groups is 17. The minimum atomic E-state index is -2.00. The average Bonchev–Trinajstić information content (AvgIpc) is 0.843. The van der Waals surface area contributed by atoms with Gasteiger partial charge in [-0.1, -0.05) is 88.7 Å². The molecule has 3 rings (SSSR count). The number of hydrogen-bond donors (Lipinski definition) is 15. The van der Waals surface area contributed by atoms with Crippen LogP contribution in [0.15, 0.2) is 78.9 Å². The lowest BCUT2D eigenvalue weighted by Crippen LogP contribution is -2.64. The van der Waals surface area contributed by atoms with Crippen LogP contribution in [-0.2, 0) is 129 Å². The van der Waals surface area contributed by atoms with E-state index in [1.807, 2.05) is 41.5 Å². The van der Waals surface area contributed by atoms with Gasteiger partial charge in [0.2, 0.25) is 76.8 Å². The molecule has 0 aromatic heterocycles.